The van der Waals surface area contributed by atoms with Crippen molar-refractivity contribution in [1.29, 1.82) is 0 Å². The van der Waals surface area contributed by atoms with E-state index in [1.807, 2.05) is 72.1 Å². The van der Waals surface area contributed by atoms with E-state index >= 15 is 0 Å². The number of aromatic nitrogens is 1. The Bertz CT molecular complexity index is 1050. The molecule has 1 N–H and O–H groups in total. The number of carbonyl (C=O) groups excluding carboxylic acids is 1. The Balaban J connectivity index is 1.73. The summed E-state index contributed by atoms with van der Waals surface area (Å²) in [6.45, 7) is 8.76. The number of anilines is 1. The van der Waals surface area contributed by atoms with Gasteiger partial charge in [-0.15, -0.1) is 0 Å². The maximum Gasteiger partial charge on any atom is 0.224 e. The maximum atomic E-state index is 12.1. The molecule has 0 unspecified atom stereocenters. The first-order valence-electron chi connectivity index (χ1n) is 10.5. The summed E-state index contributed by atoms with van der Waals surface area (Å²) in [5.41, 5.74) is 5.69. The van der Waals surface area contributed by atoms with Crippen LogP contribution in [0.2, 0.25) is 0 Å². The summed E-state index contributed by atoms with van der Waals surface area (Å²) >= 11 is 0. The summed E-state index contributed by atoms with van der Waals surface area (Å²) < 4.78 is 11.5. The summed E-state index contributed by atoms with van der Waals surface area (Å²) in [6, 6.07) is 11.8. The van der Waals surface area contributed by atoms with Crippen LogP contribution >= 0.6 is 0 Å². The average molecular weight is 422 g/mol. The van der Waals surface area contributed by atoms with Crippen LogP contribution in [0.5, 0.6) is 11.5 Å². The van der Waals surface area contributed by atoms with Crippen molar-refractivity contribution in [3.8, 4) is 22.6 Å². The molecule has 0 aliphatic carbocycles. The molecule has 0 atom stereocenters. The van der Waals surface area contributed by atoms with E-state index in [2.05, 4.69) is 21.4 Å². The first-order chi connectivity index (χ1) is 14.7. The van der Waals surface area contributed by atoms with Gasteiger partial charge in [0.05, 0.1) is 5.69 Å². The lowest BCUT2D eigenvalue weighted by Gasteiger charge is -2.13. The Hall–Kier alpha value is -3.12. The van der Waals surface area contributed by atoms with E-state index in [0.29, 0.717) is 6.42 Å². The van der Waals surface area contributed by atoms with Crippen LogP contribution < -0.4 is 10.1 Å². The number of carbonyl (C=O) groups is 1. The van der Waals surface area contributed by atoms with Crippen molar-refractivity contribution in [2.45, 2.75) is 40.5 Å². The highest BCUT2D eigenvalue weighted by atomic mass is 16.5. The van der Waals surface area contributed by atoms with Crippen molar-refractivity contribution >= 4 is 11.6 Å². The number of nitrogens with one attached hydrogen (secondary N) is 1. The van der Waals surface area contributed by atoms with Gasteiger partial charge in [-0.05, 0) is 102 Å². The minimum Gasteiger partial charge on any atom is -0.457 e. The number of aryl methyl sites for hydroxylation is 4. The standard InChI is InChI=1S/C25H31N3O3/c1-16-12-20(25-18(3)27-31-19(25)4)15-22(13-16)30-23-10-9-21(14-17(23)2)26-24(29)8-7-11-28(5)6/h9-10,12-15H,7-8,11H2,1-6H3,(H,26,29). The molecule has 0 spiro atoms. The SMILES string of the molecule is Cc1cc(Oc2ccc(NC(=O)CCCN(C)C)cc2C)cc(-c2c(C)noc2C)c1. The van der Waals surface area contributed by atoms with Crippen LogP contribution in [-0.4, -0.2) is 36.6 Å². The van der Waals surface area contributed by atoms with Gasteiger partial charge in [-0.3, -0.25) is 4.79 Å². The predicted molar refractivity (Wildman–Crippen MR) is 124 cm³/mol. The zero-order chi connectivity index (χ0) is 22.5. The van der Waals surface area contributed by atoms with Crippen molar-refractivity contribution < 1.29 is 14.1 Å². The van der Waals surface area contributed by atoms with E-state index in [4.69, 9.17) is 9.26 Å². The summed E-state index contributed by atoms with van der Waals surface area (Å²) in [4.78, 5) is 14.2. The molecule has 1 aromatic heterocycles. The monoisotopic (exact) mass is 421 g/mol. The zero-order valence-corrected chi connectivity index (χ0v) is 19.2. The molecule has 0 aliphatic heterocycles. The second-order valence-electron chi connectivity index (χ2n) is 8.27. The number of rotatable bonds is 8. The lowest BCUT2D eigenvalue weighted by atomic mass is 10.0. The number of benzene rings is 2. The summed E-state index contributed by atoms with van der Waals surface area (Å²) in [6.07, 6.45) is 1.34. The fourth-order valence-corrected chi connectivity index (χ4v) is 3.59. The molecule has 2 aromatic carbocycles. The topological polar surface area (TPSA) is 67.6 Å². The van der Waals surface area contributed by atoms with Gasteiger partial charge in [-0.2, -0.15) is 0 Å². The number of hydrogen-bond donors (Lipinski definition) is 1. The first kappa shape index (κ1) is 22.6. The second kappa shape index (κ2) is 9.79. The van der Waals surface area contributed by atoms with Crippen molar-refractivity contribution in [3.63, 3.8) is 0 Å². The minimum atomic E-state index is 0.0257. The molecule has 1 heterocycles. The van der Waals surface area contributed by atoms with Crippen LogP contribution in [0, 0.1) is 27.7 Å². The lowest BCUT2D eigenvalue weighted by molar-refractivity contribution is -0.116. The Kier molecular flexibility index (Phi) is 7.13. The number of hydrogen-bond acceptors (Lipinski definition) is 5. The average Bonchev–Trinajstić information content (AvgIpc) is 3.01. The van der Waals surface area contributed by atoms with Crippen molar-refractivity contribution in [2.24, 2.45) is 0 Å². The van der Waals surface area contributed by atoms with E-state index in [1.165, 1.54) is 0 Å². The molecular weight excluding hydrogens is 390 g/mol. The largest absolute Gasteiger partial charge is 0.457 e. The van der Waals surface area contributed by atoms with Crippen LogP contribution in [0.25, 0.3) is 11.1 Å². The quantitative estimate of drug-likeness (QED) is 0.509. The van der Waals surface area contributed by atoms with E-state index in [9.17, 15) is 4.79 Å². The van der Waals surface area contributed by atoms with E-state index in [1.54, 1.807) is 0 Å². The highest BCUT2D eigenvalue weighted by Crippen LogP contribution is 2.34. The van der Waals surface area contributed by atoms with Crippen molar-refractivity contribution in [1.82, 2.24) is 10.1 Å². The predicted octanol–water partition coefficient (Wildman–Crippen LogP) is 5.65. The van der Waals surface area contributed by atoms with Gasteiger partial charge in [0.25, 0.3) is 0 Å². The van der Waals surface area contributed by atoms with Gasteiger partial charge in [0.15, 0.2) is 0 Å². The second-order valence-corrected chi connectivity index (χ2v) is 8.27. The molecule has 1 amide bonds. The fourth-order valence-electron chi connectivity index (χ4n) is 3.59. The molecule has 0 fully saturated rings. The number of ether oxygens (including phenoxy) is 1. The normalized spacial score (nSPS) is 11.1. The highest BCUT2D eigenvalue weighted by Gasteiger charge is 2.14. The van der Waals surface area contributed by atoms with Gasteiger partial charge in [-0.1, -0.05) is 11.2 Å². The molecule has 31 heavy (non-hydrogen) atoms. The minimum absolute atomic E-state index is 0.0257. The van der Waals surface area contributed by atoms with Crippen LogP contribution in [-0.2, 0) is 4.79 Å². The molecule has 6 heteroatoms. The third-order valence-electron chi connectivity index (χ3n) is 5.07. The number of nitrogens with zero attached hydrogens (tertiary/aromatic N) is 2. The summed E-state index contributed by atoms with van der Waals surface area (Å²) in [5, 5.41) is 7.02. The maximum absolute atomic E-state index is 12.1. The molecule has 0 radical (unpaired) electrons. The fraction of sp³-hybridized carbons (Fsp3) is 0.360. The highest BCUT2D eigenvalue weighted by molar-refractivity contribution is 5.90. The van der Waals surface area contributed by atoms with E-state index in [-0.39, 0.29) is 5.91 Å². The van der Waals surface area contributed by atoms with Gasteiger partial charge in [0.2, 0.25) is 5.91 Å². The Labute approximate surface area is 184 Å². The number of amides is 1. The molecule has 6 nitrogen and oxygen atoms in total. The van der Waals surface area contributed by atoms with Crippen LogP contribution in [0.1, 0.15) is 35.4 Å². The van der Waals surface area contributed by atoms with Crippen LogP contribution in [0.4, 0.5) is 5.69 Å². The van der Waals surface area contributed by atoms with E-state index < -0.39 is 0 Å². The smallest absolute Gasteiger partial charge is 0.224 e. The third kappa shape index (κ3) is 5.95. The Morgan fingerprint density at radius 3 is 2.52 bits per heavy atom. The van der Waals surface area contributed by atoms with Gasteiger partial charge in [0, 0.05) is 17.7 Å². The Morgan fingerprint density at radius 1 is 1.10 bits per heavy atom. The molecular formula is C25H31N3O3. The van der Waals surface area contributed by atoms with E-state index in [0.717, 1.165) is 63.9 Å². The van der Waals surface area contributed by atoms with Gasteiger partial charge in [-0.25, -0.2) is 0 Å². The van der Waals surface area contributed by atoms with Gasteiger partial charge >= 0.3 is 0 Å². The molecule has 0 saturated heterocycles. The summed E-state index contributed by atoms with van der Waals surface area (Å²) in [7, 11) is 4.01. The molecule has 3 rings (SSSR count). The van der Waals surface area contributed by atoms with Crippen LogP contribution in [0.15, 0.2) is 40.9 Å². The lowest BCUT2D eigenvalue weighted by Crippen LogP contribution is -2.17. The molecule has 164 valence electrons. The van der Waals surface area contributed by atoms with Gasteiger partial charge < -0.3 is 19.5 Å². The van der Waals surface area contributed by atoms with Gasteiger partial charge in [0.1, 0.15) is 17.3 Å². The molecule has 3 aromatic rings. The molecule has 0 aliphatic rings. The van der Waals surface area contributed by atoms with Crippen LogP contribution in [0.3, 0.4) is 0 Å². The molecule has 0 saturated carbocycles. The first-order valence-corrected chi connectivity index (χ1v) is 10.5. The Morgan fingerprint density at radius 2 is 1.87 bits per heavy atom. The zero-order valence-electron chi connectivity index (χ0n) is 19.2. The van der Waals surface area contributed by atoms with Crippen molar-refractivity contribution in [2.75, 3.05) is 26.0 Å². The van der Waals surface area contributed by atoms with Crippen molar-refractivity contribution in [3.05, 3.63) is 59.0 Å². The molecule has 0 bridgehead atoms. The summed E-state index contributed by atoms with van der Waals surface area (Å²) in [5.74, 6) is 2.31. The third-order valence-corrected chi connectivity index (χ3v) is 5.07.